The zero-order valence-corrected chi connectivity index (χ0v) is 15.2. The van der Waals surface area contributed by atoms with Gasteiger partial charge < -0.3 is 4.90 Å². The second-order valence-corrected chi connectivity index (χ2v) is 7.75. The number of aryl methyl sites for hydroxylation is 1. The van der Waals surface area contributed by atoms with Gasteiger partial charge in [0, 0.05) is 24.4 Å². The maximum atomic E-state index is 12.4. The first-order valence-corrected chi connectivity index (χ1v) is 10.2. The van der Waals surface area contributed by atoms with Crippen molar-refractivity contribution >= 4 is 40.6 Å². The number of hydrogen-bond acceptors (Lipinski definition) is 5. The van der Waals surface area contributed by atoms with E-state index in [4.69, 9.17) is 0 Å². The van der Waals surface area contributed by atoms with Crippen LogP contribution in [0.15, 0.2) is 29.2 Å². The number of carbonyl (C=O) groups excluding carboxylic acids is 3. The van der Waals surface area contributed by atoms with Gasteiger partial charge in [-0.1, -0.05) is 23.9 Å². The molecule has 0 N–H and O–H groups in total. The molecule has 0 saturated carbocycles. The Hall–Kier alpha value is -1.47. The fourth-order valence-corrected chi connectivity index (χ4v) is 4.28. The van der Waals surface area contributed by atoms with Gasteiger partial charge in [0.1, 0.15) is 0 Å². The van der Waals surface area contributed by atoms with Crippen LogP contribution in [0.3, 0.4) is 0 Å². The molecular weight excluding hydrogens is 344 g/mol. The number of hydrogen-bond donors (Lipinski definition) is 0. The van der Waals surface area contributed by atoms with E-state index in [0.29, 0.717) is 32.4 Å². The van der Waals surface area contributed by atoms with E-state index in [1.165, 1.54) is 9.80 Å². The van der Waals surface area contributed by atoms with Crippen molar-refractivity contribution in [3.8, 4) is 0 Å². The highest BCUT2D eigenvalue weighted by Gasteiger charge is 2.39. The molecule has 3 rings (SSSR count). The molecule has 24 heavy (non-hydrogen) atoms. The number of amides is 3. The topological polar surface area (TPSA) is 57.7 Å². The van der Waals surface area contributed by atoms with Crippen LogP contribution in [0.2, 0.25) is 0 Å². The minimum atomic E-state index is -0.173. The summed E-state index contributed by atoms with van der Waals surface area (Å²) in [5, 5.41) is -0.173. The zero-order valence-electron chi connectivity index (χ0n) is 13.6. The van der Waals surface area contributed by atoms with Gasteiger partial charge in [-0.2, -0.15) is 0 Å². The highest BCUT2D eigenvalue weighted by molar-refractivity contribution is 8.14. The molecule has 0 bridgehead atoms. The van der Waals surface area contributed by atoms with Gasteiger partial charge in [0.25, 0.3) is 5.24 Å². The monoisotopic (exact) mass is 364 g/mol. The Balaban J connectivity index is 1.51. The van der Waals surface area contributed by atoms with E-state index in [1.807, 2.05) is 6.26 Å². The first-order chi connectivity index (χ1) is 11.6. The molecule has 3 amide bonds. The number of nitrogens with zero attached hydrogens (tertiary/aromatic N) is 2. The zero-order chi connectivity index (χ0) is 17.1. The van der Waals surface area contributed by atoms with Crippen LogP contribution in [0, 0.1) is 0 Å². The van der Waals surface area contributed by atoms with Crippen molar-refractivity contribution in [1.29, 1.82) is 0 Å². The van der Waals surface area contributed by atoms with E-state index < -0.39 is 0 Å². The molecule has 0 aliphatic carbocycles. The van der Waals surface area contributed by atoms with Crippen LogP contribution in [0.4, 0.5) is 4.79 Å². The normalized spacial score (nSPS) is 21.0. The third-order valence-corrected chi connectivity index (χ3v) is 6.03. The van der Waals surface area contributed by atoms with Crippen molar-refractivity contribution < 1.29 is 14.4 Å². The molecule has 0 aromatic heterocycles. The predicted octanol–water partition coefficient (Wildman–Crippen LogP) is 2.64. The fraction of sp³-hybridized carbons (Fsp3) is 0.471. The first kappa shape index (κ1) is 17.4. The molecule has 2 saturated heterocycles. The summed E-state index contributed by atoms with van der Waals surface area (Å²) in [5.41, 5.74) is 1.15. The molecule has 2 aliphatic heterocycles. The summed E-state index contributed by atoms with van der Waals surface area (Å²) >= 11 is 2.75. The van der Waals surface area contributed by atoms with E-state index in [9.17, 15) is 14.4 Å². The number of imide groups is 1. The van der Waals surface area contributed by atoms with Crippen molar-refractivity contribution in [2.75, 3.05) is 25.1 Å². The van der Waals surface area contributed by atoms with Gasteiger partial charge in [-0.15, -0.1) is 11.8 Å². The van der Waals surface area contributed by atoms with E-state index >= 15 is 0 Å². The van der Waals surface area contributed by atoms with Gasteiger partial charge in [0.15, 0.2) is 0 Å². The minimum Gasteiger partial charge on any atom is -0.341 e. The van der Waals surface area contributed by atoms with Crippen LogP contribution in [-0.4, -0.2) is 58.0 Å². The van der Waals surface area contributed by atoms with Crippen LogP contribution in [0.25, 0.3) is 0 Å². The lowest BCUT2D eigenvalue weighted by molar-refractivity contribution is -0.131. The number of likely N-dealkylation sites (tertiary alicyclic amines) is 1. The number of carbonyl (C=O) groups is 3. The summed E-state index contributed by atoms with van der Waals surface area (Å²) in [6, 6.07) is 8.11. The molecule has 0 unspecified atom stereocenters. The highest BCUT2D eigenvalue weighted by Crippen LogP contribution is 2.26. The molecule has 0 spiro atoms. The van der Waals surface area contributed by atoms with Gasteiger partial charge in [-0.05, 0) is 36.8 Å². The third kappa shape index (κ3) is 3.78. The summed E-state index contributed by atoms with van der Waals surface area (Å²) in [6.45, 7) is 1.10. The minimum absolute atomic E-state index is 0.0955. The molecule has 0 radical (unpaired) electrons. The number of thioether (sulfide) groups is 2. The third-order valence-electron chi connectivity index (χ3n) is 4.45. The van der Waals surface area contributed by atoms with Gasteiger partial charge in [-0.25, -0.2) is 0 Å². The molecule has 7 heteroatoms. The van der Waals surface area contributed by atoms with E-state index in [0.717, 1.165) is 17.3 Å². The molecule has 5 nitrogen and oxygen atoms in total. The maximum absolute atomic E-state index is 12.4. The van der Waals surface area contributed by atoms with E-state index in [2.05, 4.69) is 24.3 Å². The van der Waals surface area contributed by atoms with Crippen molar-refractivity contribution in [3.63, 3.8) is 0 Å². The maximum Gasteiger partial charge on any atom is 0.289 e. The lowest BCUT2D eigenvalue weighted by atomic mass is 10.1. The SMILES string of the molecule is CSc1ccc(CCC(=O)N2CC[C@@H](N3C(=O)CSC3=O)C2)cc1. The van der Waals surface area contributed by atoms with Gasteiger partial charge in [0.2, 0.25) is 11.8 Å². The lowest BCUT2D eigenvalue weighted by Gasteiger charge is -2.22. The second kappa shape index (κ2) is 7.61. The van der Waals surface area contributed by atoms with Crippen molar-refractivity contribution in [1.82, 2.24) is 9.80 Å². The highest BCUT2D eigenvalue weighted by atomic mass is 32.2. The van der Waals surface area contributed by atoms with Crippen LogP contribution in [0.1, 0.15) is 18.4 Å². The summed E-state index contributed by atoms with van der Waals surface area (Å²) in [5.74, 6) is 0.200. The Morgan fingerprint density at radius 2 is 2.04 bits per heavy atom. The van der Waals surface area contributed by atoms with Crippen LogP contribution >= 0.6 is 23.5 Å². The quantitative estimate of drug-likeness (QED) is 0.752. The van der Waals surface area contributed by atoms with Gasteiger partial charge >= 0.3 is 0 Å². The van der Waals surface area contributed by atoms with Gasteiger partial charge in [0.05, 0.1) is 11.8 Å². The van der Waals surface area contributed by atoms with Crippen molar-refractivity contribution in [2.24, 2.45) is 0 Å². The lowest BCUT2D eigenvalue weighted by Crippen LogP contribution is -2.41. The first-order valence-electron chi connectivity index (χ1n) is 7.98. The van der Waals surface area contributed by atoms with Crippen molar-refractivity contribution in [3.05, 3.63) is 29.8 Å². The van der Waals surface area contributed by atoms with Crippen LogP contribution < -0.4 is 0 Å². The molecular formula is C17H20N2O3S2. The van der Waals surface area contributed by atoms with E-state index in [1.54, 1.807) is 16.7 Å². The van der Waals surface area contributed by atoms with E-state index in [-0.39, 0.29) is 28.8 Å². The molecule has 2 fully saturated rings. The van der Waals surface area contributed by atoms with Crippen LogP contribution in [0.5, 0.6) is 0 Å². The Morgan fingerprint density at radius 1 is 1.29 bits per heavy atom. The largest absolute Gasteiger partial charge is 0.341 e. The Kier molecular flexibility index (Phi) is 5.50. The average molecular weight is 364 g/mol. The molecule has 2 heterocycles. The summed E-state index contributed by atoms with van der Waals surface area (Å²) in [7, 11) is 0. The standard InChI is InChI=1S/C17H20N2O3S2/c1-23-14-5-2-12(3-6-14)4-7-15(20)18-9-8-13(10-18)19-16(21)11-24-17(19)22/h2-3,5-6,13H,4,7-11H2,1H3/t13-/m1/s1. The smallest absolute Gasteiger partial charge is 0.289 e. The fourth-order valence-electron chi connectivity index (χ4n) is 3.10. The summed E-state index contributed by atoms with van der Waals surface area (Å²) in [4.78, 5) is 40.3. The molecule has 1 atom stereocenters. The second-order valence-electron chi connectivity index (χ2n) is 5.95. The summed E-state index contributed by atoms with van der Waals surface area (Å²) in [6.07, 6.45) is 3.90. The summed E-state index contributed by atoms with van der Waals surface area (Å²) < 4.78 is 0. The molecule has 1 aromatic carbocycles. The van der Waals surface area contributed by atoms with Crippen LogP contribution in [-0.2, 0) is 16.0 Å². The van der Waals surface area contributed by atoms with Crippen molar-refractivity contribution in [2.45, 2.75) is 30.2 Å². The Bertz CT molecular complexity index is 632. The molecule has 2 aliphatic rings. The number of benzene rings is 1. The molecule has 128 valence electrons. The molecule has 1 aromatic rings. The Morgan fingerprint density at radius 3 is 2.67 bits per heavy atom. The average Bonchev–Trinajstić information content (AvgIpc) is 3.20. The number of rotatable bonds is 5. The predicted molar refractivity (Wildman–Crippen MR) is 96.2 cm³/mol. The Labute approximate surface area is 150 Å². The van der Waals surface area contributed by atoms with Gasteiger partial charge in [-0.3, -0.25) is 19.3 Å².